The number of carboxylic acid groups (broad SMARTS) is 1. The summed E-state index contributed by atoms with van der Waals surface area (Å²) in [6.45, 7) is 4.20. The number of amides is 2. The zero-order chi connectivity index (χ0) is 15.8. The first kappa shape index (κ1) is 17.2. The van der Waals surface area contributed by atoms with Crippen LogP contribution in [0.3, 0.4) is 0 Å². The Morgan fingerprint density at radius 2 is 2.05 bits per heavy atom. The van der Waals surface area contributed by atoms with E-state index in [4.69, 9.17) is 14.6 Å². The summed E-state index contributed by atoms with van der Waals surface area (Å²) in [6, 6.07) is -0.395. The summed E-state index contributed by atoms with van der Waals surface area (Å²) >= 11 is 0. The van der Waals surface area contributed by atoms with E-state index in [-0.39, 0.29) is 25.8 Å². The molecule has 2 amide bonds. The second-order valence-electron chi connectivity index (χ2n) is 4.67. The molecule has 0 aromatic carbocycles. The summed E-state index contributed by atoms with van der Waals surface area (Å²) in [5.41, 5.74) is 0. The molecule has 8 nitrogen and oxygen atoms in total. The normalized spacial score (nSPS) is 20.9. The van der Waals surface area contributed by atoms with Gasteiger partial charge in [0.25, 0.3) is 0 Å². The Kier molecular flexibility index (Phi) is 6.93. The molecule has 1 aliphatic rings. The number of rotatable bonds is 7. The Morgan fingerprint density at radius 3 is 2.57 bits per heavy atom. The molecule has 0 bridgehead atoms. The zero-order valence-corrected chi connectivity index (χ0v) is 12.3. The minimum atomic E-state index is -0.985. The maximum atomic E-state index is 11.9. The van der Waals surface area contributed by atoms with Crippen LogP contribution in [0.1, 0.15) is 26.7 Å². The number of ether oxygens (including phenoxy) is 2. The van der Waals surface area contributed by atoms with Crippen LogP contribution in [-0.4, -0.2) is 66.4 Å². The van der Waals surface area contributed by atoms with E-state index in [2.05, 4.69) is 5.32 Å². The molecule has 1 heterocycles. The molecule has 0 aromatic rings. The van der Waals surface area contributed by atoms with Gasteiger partial charge in [0.15, 0.2) is 6.10 Å². The van der Waals surface area contributed by atoms with Crippen LogP contribution in [-0.2, 0) is 19.1 Å². The van der Waals surface area contributed by atoms with Crippen molar-refractivity contribution in [2.45, 2.75) is 38.9 Å². The fourth-order valence-electron chi connectivity index (χ4n) is 2.04. The average Bonchev–Trinajstić information content (AvgIpc) is 2.91. The number of hydrogen-bond donors (Lipinski definition) is 2. The Morgan fingerprint density at radius 1 is 1.33 bits per heavy atom. The molecule has 120 valence electrons. The number of aliphatic carboxylic acids is 1. The van der Waals surface area contributed by atoms with Crippen molar-refractivity contribution < 1.29 is 29.0 Å². The van der Waals surface area contributed by atoms with Crippen LogP contribution in [0.25, 0.3) is 0 Å². The van der Waals surface area contributed by atoms with Gasteiger partial charge in [0.1, 0.15) is 6.54 Å². The average molecular weight is 302 g/mol. The Hall–Kier alpha value is -1.83. The van der Waals surface area contributed by atoms with Crippen LogP contribution in [0.2, 0.25) is 0 Å². The van der Waals surface area contributed by atoms with E-state index in [9.17, 15) is 14.4 Å². The molecule has 1 aliphatic heterocycles. The van der Waals surface area contributed by atoms with E-state index in [1.165, 1.54) is 4.90 Å². The highest BCUT2D eigenvalue weighted by molar-refractivity contribution is 5.81. The number of nitrogens with zero attached hydrogens (tertiary/aromatic N) is 1. The molecule has 2 unspecified atom stereocenters. The van der Waals surface area contributed by atoms with Crippen LogP contribution in [0.5, 0.6) is 0 Å². The number of nitrogens with one attached hydrogen (secondary N) is 1. The molecule has 0 spiro atoms. The van der Waals surface area contributed by atoms with E-state index in [1.807, 2.05) is 0 Å². The second-order valence-corrected chi connectivity index (χ2v) is 4.67. The molecule has 2 N–H and O–H groups in total. The van der Waals surface area contributed by atoms with E-state index in [0.29, 0.717) is 19.4 Å². The van der Waals surface area contributed by atoms with Crippen molar-refractivity contribution >= 4 is 18.0 Å². The monoisotopic (exact) mass is 302 g/mol. The number of esters is 1. The Balaban J connectivity index is 2.34. The molecule has 2 atom stereocenters. The molecular weight excluding hydrogens is 280 g/mol. The molecule has 0 aliphatic carbocycles. The van der Waals surface area contributed by atoms with Crippen molar-refractivity contribution in [2.24, 2.45) is 0 Å². The van der Waals surface area contributed by atoms with Crippen LogP contribution in [0.15, 0.2) is 0 Å². The summed E-state index contributed by atoms with van der Waals surface area (Å²) in [5, 5.41) is 11.5. The SMILES string of the molecule is CCOC(=O)CN(CC)C(=O)NCC1CCC(C(=O)O)O1. The summed E-state index contributed by atoms with van der Waals surface area (Å²) in [6.07, 6.45) is -0.0812. The fourth-order valence-corrected chi connectivity index (χ4v) is 2.04. The van der Waals surface area contributed by atoms with Gasteiger partial charge in [-0.05, 0) is 26.7 Å². The quantitative estimate of drug-likeness (QED) is 0.651. The van der Waals surface area contributed by atoms with Gasteiger partial charge in [0.05, 0.1) is 12.7 Å². The molecule has 0 aromatic heterocycles. The van der Waals surface area contributed by atoms with E-state index < -0.39 is 24.1 Å². The summed E-state index contributed by atoms with van der Waals surface area (Å²) in [4.78, 5) is 35.4. The summed E-state index contributed by atoms with van der Waals surface area (Å²) in [7, 11) is 0. The van der Waals surface area contributed by atoms with Crippen molar-refractivity contribution in [1.82, 2.24) is 10.2 Å². The van der Waals surface area contributed by atoms with Gasteiger partial charge in [-0.3, -0.25) is 4.79 Å². The fraction of sp³-hybridized carbons (Fsp3) is 0.769. The van der Waals surface area contributed by atoms with Gasteiger partial charge in [-0.2, -0.15) is 0 Å². The Bertz CT molecular complexity index is 387. The number of carbonyl (C=O) groups is 3. The van der Waals surface area contributed by atoms with Crippen molar-refractivity contribution in [3.05, 3.63) is 0 Å². The van der Waals surface area contributed by atoms with Crippen LogP contribution in [0.4, 0.5) is 4.79 Å². The van der Waals surface area contributed by atoms with Crippen LogP contribution < -0.4 is 5.32 Å². The smallest absolute Gasteiger partial charge is 0.332 e. The second kappa shape index (κ2) is 8.46. The zero-order valence-electron chi connectivity index (χ0n) is 12.3. The maximum absolute atomic E-state index is 11.9. The van der Waals surface area contributed by atoms with Crippen molar-refractivity contribution in [1.29, 1.82) is 0 Å². The van der Waals surface area contributed by atoms with Crippen LogP contribution >= 0.6 is 0 Å². The highest BCUT2D eigenvalue weighted by Gasteiger charge is 2.30. The third-order valence-corrected chi connectivity index (χ3v) is 3.16. The lowest BCUT2D eigenvalue weighted by atomic mass is 10.2. The number of carbonyl (C=O) groups excluding carboxylic acids is 2. The van der Waals surface area contributed by atoms with Crippen LogP contribution in [0, 0.1) is 0 Å². The van der Waals surface area contributed by atoms with Gasteiger partial charge < -0.3 is 24.8 Å². The van der Waals surface area contributed by atoms with Gasteiger partial charge in [-0.25, -0.2) is 9.59 Å². The first-order valence-corrected chi connectivity index (χ1v) is 7.04. The van der Waals surface area contributed by atoms with Gasteiger partial charge in [0.2, 0.25) is 0 Å². The van der Waals surface area contributed by atoms with Gasteiger partial charge in [-0.15, -0.1) is 0 Å². The first-order chi connectivity index (χ1) is 9.97. The van der Waals surface area contributed by atoms with E-state index in [0.717, 1.165) is 0 Å². The van der Waals surface area contributed by atoms with Crippen molar-refractivity contribution in [3.8, 4) is 0 Å². The topological polar surface area (TPSA) is 105 Å². The number of urea groups is 1. The lowest BCUT2D eigenvalue weighted by Gasteiger charge is -2.21. The minimum absolute atomic E-state index is 0.112. The highest BCUT2D eigenvalue weighted by Crippen LogP contribution is 2.19. The molecule has 8 heteroatoms. The number of carboxylic acids is 1. The number of hydrogen-bond acceptors (Lipinski definition) is 5. The molecule has 1 fully saturated rings. The largest absolute Gasteiger partial charge is 0.479 e. The summed E-state index contributed by atoms with van der Waals surface area (Å²) < 4.78 is 10.1. The van der Waals surface area contributed by atoms with Crippen molar-refractivity contribution in [3.63, 3.8) is 0 Å². The molecular formula is C13H22N2O6. The predicted molar refractivity (Wildman–Crippen MR) is 72.8 cm³/mol. The van der Waals surface area contributed by atoms with Crippen molar-refractivity contribution in [2.75, 3.05) is 26.2 Å². The van der Waals surface area contributed by atoms with Gasteiger partial charge in [0, 0.05) is 13.1 Å². The van der Waals surface area contributed by atoms with E-state index >= 15 is 0 Å². The maximum Gasteiger partial charge on any atom is 0.332 e. The van der Waals surface area contributed by atoms with Gasteiger partial charge in [-0.1, -0.05) is 0 Å². The standard InChI is InChI=1S/C13H22N2O6/c1-3-15(8-11(16)20-4-2)13(19)14-7-9-5-6-10(21-9)12(17)18/h9-10H,3-8H2,1-2H3,(H,14,19)(H,17,18). The Labute approximate surface area is 123 Å². The minimum Gasteiger partial charge on any atom is -0.479 e. The first-order valence-electron chi connectivity index (χ1n) is 7.04. The molecule has 1 rings (SSSR count). The molecule has 0 saturated carbocycles. The predicted octanol–water partition coefficient (Wildman–Crippen LogP) is 0.213. The van der Waals surface area contributed by atoms with Gasteiger partial charge >= 0.3 is 18.0 Å². The lowest BCUT2D eigenvalue weighted by molar-refractivity contribution is -0.149. The lowest BCUT2D eigenvalue weighted by Crippen LogP contribution is -2.45. The molecule has 0 radical (unpaired) electrons. The number of likely N-dealkylation sites (N-methyl/N-ethyl adjacent to an activating group) is 1. The molecule has 21 heavy (non-hydrogen) atoms. The third-order valence-electron chi connectivity index (χ3n) is 3.16. The molecule has 1 saturated heterocycles. The summed E-state index contributed by atoms with van der Waals surface area (Å²) in [5.74, 6) is -1.45. The third kappa shape index (κ3) is 5.58. The van der Waals surface area contributed by atoms with E-state index in [1.54, 1.807) is 13.8 Å². The highest BCUT2D eigenvalue weighted by atomic mass is 16.5.